The molecule has 5 rings (SSSR count). The van der Waals surface area contributed by atoms with Crippen LogP contribution in [0.3, 0.4) is 0 Å². The molecule has 35 heavy (non-hydrogen) atoms. The maximum atomic E-state index is 11.7. The second-order valence-corrected chi connectivity index (χ2v) is 12.7. The van der Waals surface area contributed by atoms with E-state index in [1.54, 1.807) is 7.11 Å². The van der Waals surface area contributed by atoms with E-state index in [0.717, 1.165) is 38.5 Å². The number of aliphatic hydroxyl groups is 7. The number of fused-ring (bicyclic) bond motifs is 3. The maximum Gasteiger partial charge on any atom is 0.120 e. The number of hydrogen-bond acceptors (Lipinski definition) is 8. The fraction of sp³-hybridized carbons (Fsp3) is 1.00. The van der Waals surface area contributed by atoms with E-state index in [4.69, 9.17) is 4.74 Å². The van der Waals surface area contributed by atoms with E-state index in [1.807, 2.05) is 0 Å². The molecule has 0 aromatic carbocycles. The van der Waals surface area contributed by atoms with Gasteiger partial charge in [0.25, 0.3) is 0 Å². The third-order valence-corrected chi connectivity index (χ3v) is 11.3. The molecular formula is C27H46O8. The molecular weight excluding hydrogens is 452 g/mol. The summed E-state index contributed by atoms with van der Waals surface area (Å²) in [6.45, 7) is 1.47. The molecule has 7 N–H and O–H groups in total. The van der Waals surface area contributed by atoms with Gasteiger partial charge >= 0.3 is 0 Å². The van der Waals surface area contributed by atoms with E-state index in [-0.39, 0.29) is 24.2 Å². The number of aliphatic hydroxyl groups excluding tert-OH is 6. The Labute approximate surface area is 208 Å². The highest BCUT2D eigenvalue weighted by Crippen LogP contribution is 2.59. The van der Waals surface area contributed by atoms with E-state index >= 15 is 0 Å². The predicted molar refractivity (Wildman–Crippen MR) is 127 cm³/mol. The molecule has 8 nitrogen and oxygen atoms in total. The molecule has 5 saturated carbocycles. The van der Waals surface area contributed by atoms with Crippen molar-refractivity contribution in [2.75, 3.05) is 7.11 Å². The average molecular weight is 499 g/mol. The molecule has 0 heterocycles. The van der Waals surface area contributed by atoms with Crippen LogP contribution in [0.1, 0.15) is 64.7 Å². The van der Waals surface area contributed by atoms with Gasteiger partial charge in [-0.1, -0.05) is 0 Å². The number of hydrogen-bond donors (Lipinski definition) is 7. The number of rotatable bonds is 3. The molecule has 5 aliphatic rings. The van der Waals surface area contributed by atoms with Crippen LogP contribution in [-0.2, 0) is 4.74 Å². The lowest BCUT2D eigenvalue weighted by atomic mass is 9.47. The zero-order chi connectivity index (χ0) is 25.2. The molecule has 12 unspecified atom stereocenters. The first-order chi connectivity index (χ1) is 16.6. The summed E-state index contributed by atoms with van der Waals surface area (Å²) in [7, 11) is 1.77. The fourth-order valence-corrected chi connectivity index (χ4v) is 9.59. The summed E-state index contributed by atoms with van der Waals surface area (Å²) in [6, 6.07) is 0. The van der Waals surface area contributed by atoms with Crippen molar-refractivity contribution in [2.24, 2.45) is 47.3 Å². The van der Waals surface area contributed by atoms with Crippen LogP contribution in [0.15, 0.2) is 0 Å². The van der Waals surface area contributed by atoms with E-state index in [0.29, 0.717) is 30.8 Å². The van der Waals surface area contributed by atoms with Crippen LogP contribution in [0, 0.1) is 47.3 Å². The number of methoxy groups -OCH3 is 1. The van der Waals surface area contributed by atoms with Crippen molar-refractivity contribution in [3.05, 3.63) is 0 Å². The van der Waals surface area contributed by atoms with Gasteiger partial charge in [-0.2, -0.15) is 0 Å². The molecule has 0 amide bonds. The smallest absolute Gasteiger partial charge is 0.120 e. The van der Waals surface area contributed by atoms with Gasteiger partial charge in [-0.05, 0) is 94.3 Å². The Morgan fingerprint density at radius 1 is 0.743 bits per heavy atom. The molecule has 0 bridgehead atoms. The van der Waals surface area contributed by atoms with E-state index in [2.05, 4.69) is 0 Å². The van der Waals surface area contributed by atoms with Crippen LogP contribution in [-0.4, -0.2) is 91.2 Å². The zero-order valence-electron chi connectivity index (χ0n) is 21.1. The molecule has 0 aliphatic heterocycles. The molecule has 14 atom stereocenters. The van der Waals surface area contributed by atoms with Crippen molar-refractivity contribution in [2.45, 2.75) is 113 Å². The van der Waals surface area contributed by atoms with Crippen molar-refractivity contribution in [1.82, 2.24) is 0 Å². The van der Waals surface area contributed by atoms with E-state index in [1.165, 1.54) is 6.92 Å². The van der Waals surface area contributed by atoms with Gasteiger partial charge in [0, 0.05) is 24.9 Å². The summed E-state index contributed by atoms with van der Waals surface area (Å²) in [4.78, 5) is 0. The highest BCUT2D eigenvalue weighted by atomic mass is 16.5. The van der Waals surface area contributed by atoms with E-state index in [9.17, 15) is 35.7 Å². The molecule has 202 valence electrons. The Morgan fingerprint density at radius 2 is 1.43 bits per heavy atom. The average Bonchev–Trinajstić information content (AvgIpc) is 2.81. The van der Waals surface area contributed by atoms with E-state index < -0.39 is 60.0 Å². The highest BCUT2D eigenvalue weighted by molar-refractivity contribution is 5.16. The molecule has 5 aliphatic carbocycles. The quantitative estimate of drug-likeness (QED) is 0.296. The highest BCUT2D eigenvalue weighted by Gasteiger charge is 2.66. The minimum absolute atomic E-state index is 0.0582. The summed E-state index contributed by atoms with van der Waals surface area (Å²) in [5.41, 5.74) is -1.91. The van der Waals surface area contributed by atoms with Gasteiger partial charge in [0.1, 0.15) is 5.60 Å². The van der Waals surface area contributed by atoms with Crippen LogP contribution in [0.2, 0.25) is 0 Å². The summed E-state index contributed by atoms with van der Waals surface area (Å²) < 4.78 is 5.56. The molecule has 0 radical (unpaired) electrons. The molecule has 0 aromatic rings. The zero-order valence-corrected chi connectivity index (χ0v) is 21.1. The van der Waals surface area contributed by atoms with Crippen molar-refractivity contribution in [3.63, 3.8) is 0 Å². The molecule has 0 spiro atoms. The van der Waals surface area contributed by atoms with Crippen molar-refractivity contribution in [3.8, 4) is 0 Å². The summed E-state index contributed by atoms with van der Waals surface area (Å²) in [5.74, 6) is -1.45. The van der Waals surface area contributed by atoms with Crippen molar-refractivity contribution in [1.29, 1.82) is 0 Å². The van der Waals surface area contributed by atoms with Gasteiger partial charge in [0.05, 0.1) is 42.7 Å². The number of ether oxygens (including phenoxy) is 1. The first-order valence-corrected chi connectivity index (χ1v) is 13.9. The fourth-order valence-electron chi connectivity index (χ4n) is 9.59. The summed E-state index contributed by atoms with van der Waals surface area (Å²) >= 11 is 0. The van der Waals surface area contributed by atoms with Gasteiger partial charge < -0.3 is 40.5 Å². The van der Waals surface area contributed by atoms with Gasteiger partial charge in [-0.25, -0.2) is 0 Å². The van der Waals surface area contributed by atoms with Crippen LogP contribution in [0.4, 0.5) is 0 Å². The Bertz CT molecular complexity index is 741. The normalized spacial score (nSPS) is 57.5. The first kappa shape index (κ1) is 26.3. The third-order valence-electron chi connectivity index (χ3n) is 11.3. The van der Waals surface area contributed by atoms with Crippen LogP contribution < -0.4 is 0 Å². The molecule has 5 fully saturated rings. The monoisotopic (exact) mass is 498 g/mol. The standard InChI is InChI=1S/C27H46O8/c1-12(28)21-20(30)11-15-9-14-10-18-17(13-3-5-16(35-2)6-4-13)7-8-19(29)23(18)24(31)22(14)26(33)27(15,34)25(21)32/h12-26,28-34H,3-11H2,1-2H3/t12?,13?,14-,15+,16?,17?,18?,19?,20?,21?,22?,23?,24?,25?,26?,27?/m1/s1. The van der Waals surface area contributed by atoms with Gasteiger partial charge in [0.15, 0.2) is 0 Å². The first-order valence-electron chi connectivity index (χ1n) is 13.9. The van der Waals surface area contributed by atoms with Gasteiger partial charge in [0.2, 0.25) is 0 Å². The topological polar surface area (TPSA) is 151 Å². The Kier molecular flexibility index (Phi) is 7.34. The maximum absolute atomic E-state index is 11.7. The Balaban J connectivity index is 1.41. The van der Waals surface area contributed by atoms with Crippen LogP contribution >= 0.6 is 0 Å². The SMILES string of the molecule is COC1CCC(C2CCC(O)C3C(O)C4C(O)C5(O)C(O)C(C(C)O)C(O)C[C@@H]5C[C@@H]4CC23)CC1. The second-order valence-electron chi connectivity index (χ2n) is 12.7. The Morgan fingerprint density at radius 3 is 2.06 bits per heavy atom. The lowest BCUT2D eigenvalue weighted by Gasteiger charge is -2.62. The van der Waals surface area contributed by atoms with Crippen LogP contribution in [0.5, 0.6) is 0 Å². The minimum atomic E-state index is -1.91. The molecule has 8 heteroatoms. The minimum Gasteiger partial charge on any atom is -0.393 e. The predicted octanol–water partition coefficient (Wildman–Crippen LogP) is 0.426. The van der Waals surface area contributed by atoms with Gasteiger partial charge in [-0.3, -0.25) is 0 Å². The summed E-state index contributed by atoms with van der Waals surface area (Å²) in [6.07, 6.45) is 1.09. The largest absolute Gasteiger partial charge is 0.393 e. The second kappa shape index (κ2) is 9.77. The molecule has 0 aromatic heterocycles. The van der Waals surface area contributed by atoms with Crippen LogP contribution in [0.25, 0.3) is 0 Å². The lowest BCUT2D eigenvalue weighted by Crippen LogP contribution is -2.73. The molecule has 0 saturated heterocycles. The Hall–Kier alpha value is -0.320. The van der Waals surface area contributed by atoms with Crippen molar-refractivity contribution >= 4 is 0 Å². The lowest BCUT2D eigenvalue weighted by molar-refractivity contribution is -0.295. The van der Waals surface area contributed by atoms with Gasteiger partial charge in [-0.15, -0.1) is 0 Å². The summed E-state index contributed by atoms with van der Waals surface area (Å²) in [5, 5.41) is 77.7. The third kappa shape index (κ3) is 4.11. The van der Waals surface area contributed by atoms with Crippen molar-refractivity contribution < 1.29 is 40.5 Å².